The number of hydrogen-bond donors (Lipinski definition) is 3. The Kier molecular flexibility index (Phi) is 7.62. The van der Waals surface area contributed by atoms with Gasteiger partial charge >= 0.3 is 5.97 Å². The molecule has 1 saturated heterocycles. The molecule has 0 bridgehead atoms. The SMILES string of the molecule is COC(=O)C(Cc1c[nH]c2cc(F)ccc12)NC(=O)CCC1CCNC1.Cl. The number of ether oxygens (including phenoxy) is 1. The Balaban J connectivity index is 0.00000261. The second-order valence-electron chi connectivity index (χ2n) is 6.75. The highest BCUT2D eigenvalue weighted by Crippen LogP contribution is 2.21. The maximum Gasteiger partial charge on any atom is 0.328 e. The number of carbonyl (C=O) groups excluding carboxylic acids is 2. The van der Waals surface area contributed by atoms with E-state index in [1.54, 1.807) is 12.3 Å². The van der Waals surface area contributed by atoms with Gasteiger partial charge in [-0.05, 0) is 55.6 Å². The molecule has 0 spiro atoms. The van der Waals surface area contributed by atoms with E-state index in [0.717, 1.165) is 36.9 Å². The average Bonchev–Trinajstić information content (AvgIpc) is 3.28. The third-order valence-corrected chi connectivity index (χ3v) is 4.92. The summed E-state index contributed by atoms with van der Waals surface area (Å²) >= 11 is 0. The number of carbonyl (C=O) groups is 2. The molecule has 1 aromatic carbocycles. The zero-order valence-electron chi connectivity index (χ0n) is 15.2. The van der Waals surface area contributed by atoms with E-state index >= 15 is 0 Å². The van der Waals surface area contributed by atoms with Crippen molar-refractivity contribution in [1.82, 2.24) is 15.6 Å². The summed E-state index contributed by atoms with van der Waals surface area (Å²) in [6, 6.07) is 3.68. The molecule has 2 aromatic rings. The number of H-pyrrole nitrogens is 1. The molecule has 0 aliphatic carbocycles. The number of methoxy groups -OCH3 is 1. The minimum absolute atomic E-state index is 0. The number of fused-ring (bicyclic) bond motifs is 1. The topological polar surface area (TPSA) is 83.2 Å². The van der Waals surface area contributed by atoms with Gasteiger partial charge in [-0.1, -0.05) is 0 Å². The maximum atomic E-state index is 13.3. The van der Waals surface area contributed by atoms with Crippen LogP contribution in [0, 0.1) is 11.7 Å². The molecule has 6 nitrogen and oxygen atoms in total. The number of hydrogen-bond acceptors (Lipinski definition) is 4. The van der Waals surface area contributed by atoms with Crippen molar-refractivity contribution in [1.29, 1.82) is 0 Å². The Labute approximate surface area is 163 Å². The van der Waals surface area contributed by atoms with Crippen LogP contribution in [0.1, 0.15) is 24.8 Å². The van der Waals surface area contributed by atoms with Crippen LogP contribution in [-0.2, 0) is 20.7 Å². The van der Waals surface area contributed by atoms with E-state index < -0.39 is 12.0 Å². The largest absolute Gasteiger partial charge is 0.467 e. The van der Waals surface area contributed by atoms with Gasteiger partial charge in [-0.25, -0.2) is 9.18 Å². The summed E-state index contributed by atoms with van der Waals surface area (Å²) in [4.78, 5) is 27.4. The van der Waals surface area contributed by atoms with Crippen LogP contribution in [0.5, 0.6) is 0 Å². The molecule has 1 aromatic heterocycles. The van der Waals surface area contributed by atoms with Gasteiger partial charge in [0, 0.05) is 29.9 Å². The van der Waals surface area contributed by atoms with Crippen molar-refractivity contribution in [3.63, 3.8) is 0 Å². The van der Waals surface area contributed by atoms with Crippen LogP contribution in [-0.4, -0.2) is 43.1 Å². The lowest BCUT2D eigenvalue weighted by atomic mass is 10.0. The molecule has 1 fully saturated rings. The molecule has 3 N–H and O–H groups in total. The van der Waals surface area contributed by atoms with Crippen LogP contribution < -0.4 is 10.6 Å². The number of aromatic amines is 1. The first kappa shape index (κ1) is 21.2. The fraction of sp³-hybridized carbons (Fsp3) is 0.474. The van der Waals surface area contributed by atoms with E-state index in [2.05, 4.69) is 15.6 Å². The summed E-state index contributed by atoms with van der Waals surface area (Å²) in [5.41, 5.74) is 1.49. The summed E-state index contributed by atoms with van der Waals surface area (Å²) in [5.74, 6) is -0.457. The van der Waals surface area contributed by atoms with Crippen LogP contribution in [0.15, 0.2) is 24.4 Å². The number of aromatic nitrogens is 1. The molecular formula is C19H25ClFN3O3. The Morgan fingerprint density at radius 2 is 2.22 bits per heavy atom. The van der Waals surface area contributed by atoms with E-state index in [4.69, 9.17) is 4.74 Å². The van der Waals surface area contributed by atoms with Crippen molar-refractivity contribution in [3.8, 4) is 0 Å². The van der Waals surface area contributed by atoms with Gasteiger partial charge in [-0.2, -0.15) is 0 Å². The molecular weight excluding hydrogens is 373 g/mol. The van der Waals surface area contributed by atoms with Crippen LogP contribution >= 0.6 is 12.4 Å². The van der Waals surface area contributed by atoms with Gasteiger partial charge in [0.2, 0.25) is 5.91 Å². The van der Waals surface area contributed by atoms with Crippen LogP contribution in [0.3, 0.4) is 0 Å². The molecule has 8 heteroatoms. The first-order valence-electron chi connectivity index (χ1n) is 8.90. The Morgan fingerprint density at radius 1 is 1.41 bits per heavy atom. The van der Waals surface area contributed by atoms with Crippen molar-refractivity contribution < 1.29 is 18.7 Å². The lowest BCUT2D eigenvalue weighted by Gasteiger charge is -2.17. The van der Waals surface area contributed by atoms with Crippen molar-refractivity contribution in [3.05, 3.63) is 35.8 Å². The molecule has 1 aliphatic rings. The average molecular weight is 398 g/mol. The smallest absolute Gasteiger partial charge is 0.328 e. The van der Waals surface area contributed by atoms with Crippen molar-refractivity contribution in [2.75, 3.05) is 20.2 Å². The number of rotatable bonds is 7. The predicted octanol–water partition coefficient (Wildman–Crippen LogP) is 2.32. The molecule has 0 radical (unpaired) electrons. The highest BCUT2D eigenvalue weighted by Gasteiger charge is 2.24. The summed E-state index contributed by atoms with van der Waals surface area (Å²) < 4.78 is 18.2. The monoisotopic (exact) mass is 397 g/mol. The number of nitrogens with one attached hydrogen (secondary N) is 3. The van der Waals surface area contributed by atoms with Crippen LogP contribution in [0.2, 0.25) is 0 Å². The molecule has 1 amide bonds. The number of amides is 1. The van der Waals surface area contributed by atoms with Gasteiger partial charge in [0.15, 0.2) is 0 Å². The Bertz CT molecular complexity index is 790. The summed E-state index contributed by atoms with van der Waals surface area (Å²) in [7, 11) is 1.30. The highest BCUT2D eigenvalue weighted by atomic mass is 35.5. The quantitative estimate of drug-likeness (QED) is 0.626. The molecule has 3 rings (SSSR count). The van der Waals surface area contributed by atoms with E-state index in [1.807, 2.05) is 0 Å². The van der Waals surface area contributed by atoms with Gasteiger partial charge in [-0.15, -0.1) is 12.4 Å². The van der Waals surface area contributed by atoms with Crippen molar-refractivity contribution in [2.24, 2.45) is 5.92 Å². The third kappa shape index (κ3) is 5.43. The fourth-order valence-electron chi connectivity index (χ4n) is 3.45. The first-order valence-corrected chi connectivity index (χ1v) is 8.90. The van der Waals surface area contributed by atoms with Crippen LogP contribution in [0.25, 0.3) is 10.9 Å². The van der Waals surface area contributed by atoms with Crippen LogP contribution in [0.4, 0.5) is 4.39 Å². The lowest BCUT2D eigenvalue weighted by molar-refractivity contribution is -0.145. The molecule has 1 aliphatic heterocycles. The predicted molar refractivity (Wildman–Crippen MR) is 103 cm³/mol. The van der Waals surface area contributed by atoms with Gasteiger partial charge in [-0.3, -0.25) is 4.79 Å². The number of benzene rings is 1. The van der Waals surface area contributed by atoms with Gasteiger partial charge in [0.1, 0.15) is 11.9 Å². The van der Waals surface area contributed by atoms with Gasteiger partial charge in [0.25, 0.3) is 0 Å². The Morgan fingerprint density at radius 3 is 2.93 bits per heavy atom. The number of esters is 1. The van der Waals surface area contributed by atoms with Crippen molar-refractivity contribution in [2.45, 2.75) is 31.7 Å². The third-order valence-electron chi connectivity index (χ3n) is 4.92. The second-order valence-corrected chi connectivity index (χ2v) is 6.75. The molecule has 148 valence electrons. The molecule has 2 heterocycles. The summed E-state index contributed by atoms with van der Waals surface area (Å²) in [6.07, 6.45) is 4.29. The standard InChI is InChI=1S/C19H24FN3O3.ClH/c1-26-19(25)17(23-18(24)5-2-12-6-7-21-10-12)8-13-11-22-16-9-14(20)3-4-15(13)16;/h3-4,9,11-12,17,21-22H,2,5-8,10H2,1H3,(H,23,24);1H. The lowest BCUT2D eigenvalue weighted by Crippen LogP contribution is -2.43. The Hall–Kier alpha value is -2.12. The van der Waals surface area contributed by atoms with E-state index in [0.29, 0.717) is 17.9 Å². The molecule has 0 saturated carbocycles. The summed E-state index contributed by atoms with van der Waals surface area (Å²) in [6.45, 7) is 1.94. The van der Waals surface area contributed by atoms with E-state index in [9.17, 15) is 14.0 Å². The molecule has 2 unspecified atom stereocenters. The maximum absolute atomic E-state index is 13.3. The second kappa shape index (κ2) is 9.71. The molecule has 2 atom stereocenters. The number of halogens is 2. The van der Waals surface area contributed by atoms with Gasteiger partial charge in [0.05, 0.1) is 7.11 Å². The van der Waals surface area contributed by atoms with E-state index in [-0.39, 0.29) is 30.6 Å². The van der Waals surface area contributed by atoms with E-state index in [1.165, 1.54) is 19.2 Å². The molecule has 27 heavy (non-hydrogen) atoms. The summed E-state index contributed by atoms with van der Waals surface area (Å²) in [5, 5.41) is 6.89. The zero-order valence-corrected chi connectivity index (χ0v) is 16.0. The zero-order chi connectivity index (χ0) is 18.5. The van der Waals surface area contributed by atoms with Gasteiger partial charge < -0.3 is 20.4 Å². The fourth-order valence-corrected chi connectivity index (χ4v) is 3.45. The minimum Gasteiger partial charge on any atom is -0.467 e. The minimum atomic E-state index is -0.766. The van der Waals surface area contributed by atoms with Crippen molar-refractivity contribution >= 4 is 35.2 Å². The normalized spacial score (nSPS) is 17.3. The highest BCUT2D eigenvalue weighted by molar-refractivity contribution is 5.87. The first-order chi connectivity index (χ1) is 12.6.